The van der Waals surface area contributed by atoms with E-state index in [1.165, 1.54) is 19.8 Å². The van der Waals surface area contributed by atoms with Crippen LogP contribution in [0.3, 0.4) is 0 Å². The summed E-state index contributed by atoms with van der Waals surface area (Å²) < 4.78 is 0. The van der Waals surface area contributed by atoms with Crippen molar-refractivity contribution < 1.29 is 9.59 Å². The summed E-state index contributed by atoms with van der Waals surface area (Å²) in [5.74, 6) is 1.24. The summed E-state index contributed by atoms with van der Waals surface area (Å²) in [6.07, 6.45) is 3.54. The molecule has 1 aliphatic rings. The number of carbonyl (C=O) groups excluding carboxylic acids is 2. The topological polar surface area (TPSA) is 58.2 Å². The summed E-state index contributed by atoms with van der Waals surface area (Å²) in [5.41, 5.74) is 0.772. The van der Waals surface area contributed by atoms with Crippen LogP contribution in [0.5, 0.6) is 0 Å². The van der Waals surface area contributed by atoms with Crippen LogP contribution in [-0.2, 0) is 9.59 Å². The lowest BCUT2D eigenvalue weighted by molar-refractivity contribution is -0.121. The molecule has 0 radical (unpaired) electrons. The number of nitrogens with one attached hydrogen (secondary N) is 2. The van der Waals surface area contributed by atoms with E-state index in [1.54, 1.807) is 11.8 Å². The van der Waals surface area contributed by atoms with Gasteiger partial charge in [0.25, 0.3) is 0 Å². The van der Waals surface area contributed by atoms with E-state index in [1.807, 2.05) is 31.2 Å². The van der Waals surface area contributed by atoms with Crippen LogP contribution in [0.4, 0.5) is 5.69 Å². The fourth-order valence-electron chi connectivity index (χ4n) is 3.16. The summed E-state index contributed by atoms with van der Waals surface area (Å²) in [6.45, 7) is 7.95. The lowest BCUT2D eigenvalue weighted by Crippen LogP contribution is -2.46. The van der Waals surface area contributed by atoms with E-state index in [4.69, 9.17) is 0 Å². The van der Waals surface area contributed by atoms with E-state index < -0.39 is 0 Å². The van der Waals surface area contributed by atoms with E-state index in [0.29, 0.717) is 17.9 Å². The molecule has 0 heterocycles. The van der Waals surface area contributed by atoms with Gasteiger partial charge in [0.1, 0.15) is 0 Å². The highest BCUT2D eigenvalue weighted by Gasteiger charge is 2.29. The number of anilines is 1. The molecule has 2 N–H and O–H groups in total. The van der Waals surface area contributed by atoms with Crippen LogP contribution in [0, 0.1) is 11.8 Å². The maximum atomic E-state index is 12.5. The van der Waals surface area contributed by atoms with Crippen LogP contribution in [0.2, 0.25) is 0 Å². The van der Waals surface area contributed by atoms with Gasteiger partial charge in [-0.25, -0.2) is 0 Å². The summed E-state index contributed by atoms with van der Waals surface area (Å²) in [6, 6.07) is 7.89. The molecule has 0 bridgehead atoms. The fraction of sp³-hybridized carbons (Fsp3) is 0.579. The zero-order chi connectivity index (χ0) is 17.7. The molecule has 1 saturated carbocycles. The minimum atomic E-state index is -0.138. The highest BCUT2D eigenvalue weighted by atomic mass is 32.2. The van der Waals surface area contributed by atoms with E-state index in [9.17, 15) is 9.59 Å². The first-order chi connectivity index (χ1) is 11.4. The Morgan fingerprint density at radius 3 is 2.46 bits per heavy atom. The normalized spacial score (nSPS) is 24.9. The van der Waals surface area contributed by atoms with Crippen molar-refractivity contribution in [1.29, 1.82) is 0 Å². The number of hydrogen-bond donors (Lipinski definition) is 2. The second kappa shape index (κ2) is 8.56. The molecule has 1 aromatic carbocycles. The van der Waals surface area contributed by atoms with Gasteiger partial charge in [-0.2, -0.15) is 0 Å². The first-order valence-electron chi connectivity index (χ1n) is 8.71. The first kappa shape index (κ1) is 18.8. The summed E-state index contributed by atoms with van der Waals surface area (Å²) in [4.78, 5) is 24.6. The van der Waals surface area contributed by atoms with Crippen molar-refractivity contribution in [3.63, 3.8) is 0 Å². The molecule has 24 heavy (non-hydrogen) atoms. The van der Waals surface area contributed by atoms with E-state index in [-0.39, 0.29) is 17.1 Å². The third kappa shape index (κ3) is 5.26. The summed E-state index contributed by atoms with van der Waals surface area (Å²) in [7, 11) is 0. The van der Waals surface area contributed by atoms with Crippen molar-refractivity contribution in [3.05, 3.63) is 24.3 Å². The number of amides is 2. The second-order valence-electron chi connectivity index (χ2n) is 6.85. The van der Waals surface area contributed by atoms with Gasteiger partial charge in [-0.3, -0.25) is 9.59 Å². The molecule has 4 nitrogen and oxygen atoms in total. The molecule has 0 aromatic heterocycles. The first-order valence-corrected chi connectivity index (χ1v) is 9.59. The Morgan fingerprint density at radius 1 is 1.17 bits per heavy atom. The predicted octanol–water partition coefficient (Wildman–Crippen LogP) is 4.07. The minimum Gasteiger partial charge on any atom is -0.352 e. The smallest absolute Gasteiger partial charge is 0.233 e. The van der Waals surface area contributed by atoms with Gasteiger partial charge in [0.2, 0.25) is 11.8 Å². The number of rotatable bonds is 5. The van der Waals surface area contributed by atoms with Crippen molar-refractivity contribution >= 4 is 29.3 Å². The highest BCUT2D eigenvalue weighted by molar-refractivity contribution is 8.00. The molecule has 1 fully saturated rings. The molecule has 0 unspecified atom stereocenters. The van der Waals surface area contributed by atoms with Crippen LogP contribution in [-0.4, -0.2) is 23.1 Å². The van der Waals surface area contributed by atoms with Gasteiger partial charge in [-0.1, -0.05) is 26.7 Å². The number of thioether (sulfide) groups is 1. The fourth-order valence-corrected chi connectivity index (χ4v) is 4.04. The van der Waals surface area contributed by atoms with Crippen molar-refractivity contribution in [1.82, 2.24) is 5.32 Å². The third-order valence-electron chi connectivity index (χ3n) is 4.89. The summed E-state index contributed by atoms with van der Waals surface area (Å²) in [5, 5.41) is 5.85. The number of carbonyl (C=O) groups is 2. The van der Waals surface area contributed by atoms with Crippen LogP contribution in [0.1, 0.15) is 47.0 Å². The van der Waals surface area contributed by atoms with Gasteiger partial charge in [0, 0.05) is 23.5 Å². The SMILES string of the molecule is CC(=O)Nc1ccc(S[C@H](C)C(=O)N[C@@H]2CCC[C@@H](C)[C@@H]2C)cc1. The third-order valence-corrected chi connectivity index (χ3v) is 6.00. The average Bonchev–Trinajstić information content (AvgIpc) is 2.53. The van der Waals surface area contributed by atoms with Crippen LogP contribution in [0.15, 0.2) is 29.2 Å². The molecule has 0 aliphatic heterocycles. The van der Waals surface area contributed by atoms with Crippen LogP contribution < -0.4 is 10.6 Å². The Kier molecular flexibility index (Phi) is 6.72. The van der Waals surface area contributed by atoms with Crippen molar-refractivity contribution in [3.8, 4) is 0 Å². The standard InChI is InChI=1S/C19H28N2O2S/c1-12-6-5-7-18(13(12)2)21-19(23)14(3)24-17-10-8-16(9-11-17)20-15(4)22/h8-14,18H,5-7H2,1-4H3,(H,20,22)(H,21,23)/t12-,13+,14-,18-/m1/s1. The molecule has 4 atom stereocenters. The van der Waals surface area contributed by atoms with Crippen molar-refractivity contribution in [2.24, 2.45) is 11.8 Å². The Bertz CT molecular complexity index is 573. The van der Waals surface area contributed by atoms with E-state index >= 15 is 0 Å². The number of benzene rings is 1. The average molecular weight is 349 g/mol. The maximum absolute atomic E-state index is 12.5. The Morgan fingerprint density at radius 2 is 1.83 bits per heavy atom. The van der Waals surface area contributed by atoms with Gasteiger partial charge in [-0.15, -0.1) is 11.8 Å². The largest absolute Gasteiger partial charge is 0.352 e. The molecule has 5 heteroatoms. The maximum Gasteiger partial charge on any atom is 0.233 e. The molecule has 0 saturated heterocycles. The zero-order valence-corrected chi connectivity index (χ0v) is 15.8. The van der Waals surface area contributed by atoms with Gasteiger partial charge in [-0.05, 0) is 49.4 Å². The Labute approximate surface area is 149 Å². The van der Waals surface area contributed by atoms with E-state index in [0.717, 1.165) is 17.0 Å². The molecule has 0 spiro atoms. The predicted molar refractivity (Wildman–Crippen MR) is 100 cm³/mol. The van der Waals surface area contributed by atoms with Gasteiger partial charge in [0.05, 0.1) is 5.25 Å². The lowest BCUT2D eigenvalue weighted by Gasteiger charge is -2.35. The van der Waals surface area contributed by atoms with Crippen molar-refractivity contribution in [2.45, 2.75) is 63.1 Å². The lowest BCUT2D eigenvalue weighted by atomic mass is 9.78. The molecular formula is C19H28N2O2S. The van der Waals surface area contributed by atoms with Crippen LogP contribution >= 0.6 is 11.8 Å². The molecule has 1 aromatic rings. The monoisotopic (exact) mass is 348 g/mol. The Hall–Kier alpha value is -1.49. The van der Waals surface area contributed by atoms with E-state index in [2.05, 4.69) is 24.5 Å². The van der Waals surface area contributed by atoms with Crippen molar-refractivity contribution in [2.75, 3.05) is 5.32 Å². The van der Waals surface area contributed by atoms with Crippen LogP contribution in [0.25, 0.3) is 0 Å². The molecule has 132 valence electrons. The highest BCUT2D eigenvalue weighted by Crippen LogP contribution is 2.30. The van der Waals surface area contributed by atoms with Gasteiger partial charge in [0.15, 0.2) is 0 Å². The number of hydrogen-bond acceptors (Lipinski definition) is 3. The second-order valence-corrected chi connectivity index (χ2v) is 8.26. The Balaban J connectivity index is 1.88. The minimum absolute atomic E-state index is 0.0843. The molecular weight excluding hydrogens is 320 g/mol. The quantitative estimate of drug-likeness (QED) is 0.789. The van der Waals surface area contributed by atoms with Gasteiger partial charge < -0.3 is 10.6 Å². The summed E-state index contributed by atoms with van der Waals surface area (Å²) >= 11 is 1.55. The molecule has 2 rings (SSSR count). The molecule has 1 aliphatic carbocycles. The van der Waals surface area contributed by atoms with Gasteiger partial charge >= 0.3 is 0 Å². The zero-order valence-electron chi connectivity index (χ0n) is 15.0. The molecule has 2 amide bonds.